The molecule has 0 atom stereocenters. The van der Waals surface area contributed by atoms with Crippen LogP contribution in [0.15, 0.2) is 96.3 Å². The van der Waals surface area contributed by atoms with Crippen LogP contribution in [0.4, 0.5) is 25.8 Å². The van der Waals surface area contributed by atoms with Gasteiger partial charge in [0.15, 0.2) is 0 Å². The normalized spacial score (nSPS) is 17.0. The monoisotopic (exact) mass is 770 g/mol. The number of nitrogens with zero attached hydrogens (tertiary/aromatic N) is 2. The largest absolute Gasteiger partial charge is 0.381 e. The minimum absolute atomic E-state index is 0.128. The van der Waals surface area contributed by atoms with Crippen LogP contribution in [0, 0.1) is 17.0 Å². The van der Waals surface area contributed by atoms with Crippen LogP contribution < -0.4 is 26.0 Å². The number of benzene rings is 3. The summed E-state index contributed by atoms with van der Waals surface area (Å²) in [6, 6.07) is 21.7. The number of ether oxygens (including phenoxy) is 1. The molecule has 0 saturated carbocycles. The Morgan fingerprint density at radius 3 is 2.33 bits per heavy atom. The highest BCUT2D eigenvalue weighted by atomic mass is 19.1. The third-order valence-electron chi connectivity index (χ3n) is 11.3. The third-order valence-corrected chi connectivity index (χ3v) is 11.3. The zero-order chi connectivity index (χ0) is 39.7. The summed E-state index contributed by atoms with van der Waals surface area (Å²) >= 11 is 0. The molecule has 0 unspecified atom stereocenters. The SMILES string of the molecule is CC\C=c1/cccc/c1=C/C(C(=O)Nc1ccc(C(=O)N2CCc3cc(C(=O)Nc4c(F)cccc4F)[nH]c3-c3[nH]ccc32)cc1)=C(\C)N1CC2(CCOCC2)C1. The van der Waals surface area contributed by atoms with Gasteiger partial charge in [-0.1, -0.05) is 43.3 Å². The molecule has 5 heterocycles. The van der Waals surface area contributed by atoms with Gasteiger partial charge in [-0.05, 0) is 103 Å². The number of allylic oxidation sites excluding steroid dienone is 1. The van der Waals surface area contributed by atoms with E-state index in [1.165, 1.54) is 6.07 Å². The van der Waals surface area contributed by atoms with Gasteiger partial charge in [-0.2, -0.15) is 0 Å². The number of hydrogen-bond donors (Lipinski definition) is 4. The molecular weight excluding hydrogens is 727 g/mol. The van der Waals surface area contributed by atoms with Crippen LogP contribution in [-0.4, -0.2) is 65.4 Å². The van der Waals surface area contributed by atoms with Crippen molar-refractivity contribution < 1.29 is 27.9 Å². The highest BCUT2D eigenvalue weighted by molar-refractivity contribution is 6.11. The molecule has 2 fully saturated rings. The molecule has 0 radical (unpaired) electrons. The Kier molecular flexibility index (Phi) is 10.4. The Hall–Kier alpha value is -6.27. The highest BCUT2D eigenvalue weighted by Crippen LogP contribution is 2.42. The number of para-hydroxylation sites is 1. The second-order valence-electron chi connectivity index (χ2n) is 15.0. The summed E-state index contributed by atoms with van der Waals surface area (Å²) in [6.07, 6.45) is 9.16. The molecule has 0 bridgehead atoms. The van der Waals surface area contributed by atoms with Crippen molar-refractivity contribution in [3.8, 4) is 11.4 Å². The first-order chi connectivity index (χ1) is 27.6. The number of aromatic amines is 2. The predicted octanol–water partition coefficient (Wildman–Crippen LogP) is 6.74. The number of anilines is 3. The van der Waals surface area contributed by atoms with Crippen LogP contribution in [0.2, 0.25) is 0 Å². The van der Waals surface area contributed by atoms with Crippen LogP contribution in [0.3, 0.4) is 0 Å². The fourth-order valence-corrected chi connectivity index (χ4v) is 8.07. The summed E-state index contributed by atoms with van der Waals surface area (Å²) in [5.41, 5.74) is 4.92. The van der Waals surface area contributed by atoms with Crippen LogP contribution in [0.25, 0.3) is 23.5 Å². The first-order valence-corrected chi connectivity index (χ1v) is 19.3. The molecular formula is C45H44F2N6O4. The van der Waals surface area contributed by atoms with E-state index in [1.807, 2.05) is 31.2 Å². The fourth-order valence-electron chi connectivity index (χ4n) is 8.07. The van der Waals surface area contributed by atoms with Gasteiger partial charge in [0.2, 0.25) is 0 Å². The maximum absolute atomic E-state index is 14.2. The summed E-state index contributed by atoms with van der Waals surface area (Å²) in [5, 5.41) is 7.44. The van der Waals surface area contributed by atoms with Crippen LogP contribution in [0.5, 0.6) is 0 Å². The van der Waals surface area contributed by atoms with Gasteiger partial charge in [0.05, 0.1) is 22.6 Å². The smallest absolute Gasteiger partial charge is 0.272 e. The van der Waals surface area contributed by atoms with Gasteiger partial charge in [0, 0.05) is 61.4 Å². The molecule has 8 rings (SSSR count). The van der Waals surface area contributed by atoms with Gasteiger partial charge < -0.3 is 35.1 Å². The van der Waals surface area contributed by atoms with E-state index in [2.05, 4.69) is 44.6 Å². The number of amides is 3. The number of rotatable bonds is 8. The molecule has 2 aromatic heterocycles. The van der Waals surface area contributed by atoms with E-state index in [0.717, 1.165) is 79.4 Å². The molecule has 10 nitrogen and oxygen atoms in total. The number of nitrogens with one attached hydrogen (secondary N) is 4. The zero-order valence-corrected chi connectivity index (χ0v) is 31.9. The summed E-state index contributed by atoms with van der Waals surface area (Å²) < 4.78 is 34.1. The van der Waals surface area contributed by atoms with E-state index in [9.17, 15) is 23.2 Å². The van der Waals surface area contributed by atoms with Gasteiger partial charge >= 0.3 is 0 Å². The summed E-state index contributed by atoms with van der Waals surface area (Å²) in [5.74, 6) is -2.92. The van der Waals surface area contributed by atoms with E-state index >= 15 is 0 Å². The molecule has 5 aromatic rings. The molecule has 4 N–H and O–H groups in total. The van der Waals surface area contributed by atoms with Gasteiger partial charge in [0.25, 0.3) is 17.7 Å². The number of carbonyl (C=O) groups excluding carboxylic acids is 3. The number of hydrogen-bond acceptors (Lipinski definition) is 5. The first-order valence-electron chi connectivity index (χ1n) is 19.3. The Balaban J connectivity index is 1.00. The van der Waals surface area contributed by atoms with Crippen molar-refractivity contribution in [1.29, 1.82) is 0 Å². The summed E-state index contributed by atoms with van der Waals surface area (Å²) in [4.78, 5) is 51.4. The molecule has 57 heavy (non-hydrogen) atoms. The van der Waals surface area contributed by atoms with Crippen LogP contribution in [-0.2, 0) is 16.0 Å². The lowest BCUT2D eigenvalue weighted by atomic mass is 9.73. The van der Waals surface area contributed by atoms with E-state index in [-0.39, 0.29) is 22.9 Å². The van der Waals surface area contributed by atoms with Crippen molar-refractivity contribution in [2.24, 2.45) is 5.41 Å². The standard InChI is InChI=1S/C45H44F2N6O4/c1-3-7-29-8-4-5-9-31(29)24-34(28(2)52-26-45(27-52)18-22-57-23-19-45)42(54)49-33-14-12-30(13-15-33)44(56)53-21-17-32-25-37(50-39(32)41-38(53)16-20-48-41)43(55)51-40-35(46)10-6-11-36(40)47/h4-16,20,24-25,48,50H,3,17-19,21-23,26-27H2,1-2H3,(H,49,54)(H,51,55)/b29-7+,31-24-,34-28-. The van der Waals surface area contributed by atoms with E-state index < -0.39 is 23.2 Å². The summed E-state index contributed by atoms with van der Waals surface area (Å²) in [6.45, 7) is 7.75. The zero-order valence-electron chi connectivity index (χ0n) is 31.9. The van der Waals surface area contributed by atoms with Crippen molar-refractivity contribution in [1.82, 2.24) is 14.9 Å². The van der Waals surface area contributed by atoms with Gasteiger partial charge in [-0.15, -0.1) is 0 Å². The Morgan fingerprint density at radius 2 is 1.61 bits per heavy atom. The molecule has 2 saturated heterocycles. The lowest BCUT2D eigenvalue weighted by molar-refractivity contribution is -0.112. The first kappa shape index (κ1) is 37.6. The van der Waals surface area contributed by atoms with E-state index in [4.69, 9.17) is 4.74 Å². The second kappa shape index (κ2) is 15.7. The van der Waals surface area contributed by atoms with Crippen molar-refractivity contribution >= 4 is 46.9 Å². The minimum Gasteiger partial charge on any atom is -0.381 e. The fraction of sp³-hybridized carbons (Fsp3) is 0.267. The quantitative estimate of drug-likeness (QED) is 0.130. The van der Waals surface area contributed by atoms with Crippen LogP contribution >= 0.6 is 0 Å². The highest BCUT2D eigenvalue weighted by Gasteiger charge is 2.44. The average molecular weight is 771 g/mol. The van der Waals surface area contributed by atoms with E-state index in [0.29, 0.717) is 46.9 Å². The lowest BCUT2D eigenvalue weighted by Gasteiger charge is -2.54. The van der Waals surface area contributed by atoms with Gasteiger partial charge in [0.1, 0.15) is 23.0 Å². The van der Waals surface area contributed by atoms with E-state index in [1.54, 1.807) is 47.5 Å². The number of fused-ring (bicyclic) bond motifs is 3. The number of likely N-dealkylation sites (tertiary alicyclic amines) is 1. The number of aromatic nitrogens is 2. The predicted molar refractivity (Wildman–Crippen MR) is 217 cm³/mol. The van der Waals surface area contributed by atoms with Gasteiger partial charge in [-0.25, -0.2) is 8.78 Å². The van der Waals surface area contributed by atoms with Crippen LogP contribution in [0.1, 0.15) is 59.5 Å². The van der Waals surface area contributed by atoms with Crippen molar-refractivity contribution in [2.45, 2.75) is 39.5 Å². The third kappa shape index (κ3) is 7.52. The Bertz CT molecular complexity index is 2490. The second-order valence-corrected chi connectivity index (χ2v) is 15.0. The van der Waals surface area contributed by atoms with Gasteiger partial charge in [-0.3, -0.25) is 14.4 Å². The molecule has 0 aliphatic carbocycles. The molecule has 3 aliphatic rings. The lowest BCUT2D eigenvalue weighted by Crippen LogP contribution is -2.57. The molecule has 3 amide bonds. The number of carbonyl (C=O) groups is 3. The Morgan fingerprint density at radius 1 is 0.895 bits per heavy atom. The number of H-pyrrole nitrogens is 2. The molecule has 292 valence electrons. The molecule has 3 aromatic carbocycles. The average Bonchev–Trinajstić information content (AvgIpc) is 3.83. The van der Waals surface area contributed by atoms with Crippen molar-refractivity contribution in [3.05, 3.63) is 135 Å². The topological polar surface area (TPSA) is 123 Å². The minimum atomic E-state index is -0.878. The van der Waals surface area contributed by atoms with Crippen molar-refractivity contribution in [2.75, 3.05) is 48.4 Å². The molecule has 1 spiro atoms. The maximum atomic E-state index is 14.2. The number of halogens is 2. The maximum Gasteiger partial charge on any atom is 0.272 e. The summed E-state index contributed by atoms with van der Waals surface area (Å²) in [7, 11) is 0. The van der Waals surface area contributed by atoms with Crippen molar-refractivity contribution in [3.63, 3.8) is 0 Å². The Labute approximate surface area is 328 Å². The molecule has 3 aliphatic heterocycles. The molecule has 12 heteroatoms.